The molecular formula is C17H30O4. The lowest BCUT2D eigenvalue weighted by Gasteiger charge is -2.27. The van der Waals surface area contributed by atoms with E-state index in [1.807, 2.05) is 0 Å². The summed E-state index contributed by atoms with van der Waals surface area (Å²) in [6.45, 7) is 5.13. The van der Waals surface area contributed by atoms with Crippen molar-refractivity contribution in [2.75, 3.05) is 0 Å². The van der Waals surface area contributed by atoms with Crippen molar-refractivity contribution in [3.8, 4) is 0 Å². The van der Waals surface area contributed by atoms with Gasteiger partial charge < -0.3 is 9.47 Å². The van der Waals surface area contributed by atoms with Crippen LogP contribution in [0.1, 0.15) is 78.6 Å². The van der Waals surface area contributed by atoms with E-state index >= 15 is 0 Å². The third-order valence-corrected chi connectivity index (χ3v) is 4.23. The van der Waals surface area contributed by atoms with Crippen LogP contribution in [-0.4, -0.2) is 24.1 Å². The van der Waals surface area contributed by atoms with Gasteiger partial charge in [-0.3, -0.25) is 9.59 Å². The molecule has 0 spiro atoms. The maximum absolute atomic E-state index is 10.6. The Morgan fingerprint density at radius 3 is 1.81 bits per heavy atom. The van der Waals surface area contributed by atoms with Crippen LogP contribution in [0.25, 0.3) is 0 Å². The third kappa shape index (κ3) is 8.08. The maximum Gasteiger partial charge on any atom is 0.302 e. The molecule has 4 nitrogen and oxygen atoms in total. The molecule has 2 atom stereocenters. The second kappa shape index (κ2) is 9.80. The molecule has 2 saturated carbocycles. The molecule has 2 rings (SSSR count). The van der Waals surface area contributed by atoms with Crippen molar-refractivity contribution < 1.29 is 19.1 Å². The number of carbonyl (C=O) groups is 2. The predicted molar refractivity (Wildman–Crippen MR) is 81.8 cm³/mol. The van der Waals surface area contributed by atoms with Crippen molar-refractivity contribution in [3.63, 3.8) is 0 Å². The zero-order chi connectivity index (χ0) is 15.7. The highest BCUT2D eigenvalue weighted by Gasteiger charge is 2.23. The fourth-order valence-electron chi connectivity index (χ4n) is 3.09. The first-order valence-electron chi connectivity index (χ1n) is 8.33. The summed E-state index contributed by atoms with van der Waals surface area (Å²) in [6.07, 6.45) is 11.1. The van der Waals surface area contributed by atoms with Crippen LogP contribution in [0.4, 0.5) is 0 Å². The van der Waals surface area contributed by atoms with E-state index in [1.165, 1.54) is 52.4 Å². The topological polar surface area (TPSA) is 52.6 Å². The molecule has 0 aromatic rings. The van der Waals surface area contributed by atoms with E-state index in [4.69, 9.17) is 9.47 Å². The van der Waals surface area contributed by atoms with Crippen molar-refractivity contribution in [1.82, 2.24) is 0 Å². The van der Waals surface area contributed by atoms with E-state index in [-0.39, 0.29) is 24.1 Å². The molecule has 0 saturated heterocycles. The van der Waals surface area contributed by atoms with Gasteiger partial charge in [0.25, 0.3) is 0 Å². The Kier molecular flexibility index (Phi) is 8.40. The lowest BCUT2D eigenvalue weighted by Crippen LogP contribution is -2.27. The molecule has 2 unspecified atom stereocenters. The van der Waals surface area contributed by atoms with E-state index in [0.29, 0.717) is 5.92 Å². The molecule has 21 heavy (non-hydrogen) atoms. The number of esters is 2. The maximum atomic E-state index is 10.6. The first-order chi connectivity index (χ1) is 9.99. The van der Waals surface area contributed by atoms with Crippen LogP contribution in [0, 0.1) is 5.92 Å². The van der Waals surface area contributed by atoms with Crippen LogP contribution in [-0.2, 0) is 19.1 Å². The second-order valence-electron chi connectivity index (χ2n) is 6.28. The van der Waals surface area contributed by atoms with Crippen LogP contribution in [0.5, 0.6) is 0 Å². The van der Waals surface area contributed by atoms with Crippen molar-refractivity contribution in [1.29, 1.82) is 0 Å². The minimum atomic E-state index is -0.135. The van der Waals surface area contributed by atoms with Gasteiger partial charge in [0.2, 0.25) is 0 Å². The molecule has 0 aliphatic heterocycles. The van der Waals surface area contributed by atoms with Gasteiger partial charge >= 0.3 is 11.9 Å². The summed E-state index contributed by atoms with van der Waals surface area (Å²) >= 11 is 0. The Bertz CT molecular complexity index is 321. The van der Waals surface area contributed by atoms with Crippen molar-refractivity contribution in [2.24, 2.45) is 5.92 Å². The van der Waals surface area contributed by atoms with Gasteiger partial charge in [0.1, 0.15) is 12.2 Å². The van der Waals surface area contributed by atoms with Crippen LogP contribution >= 0.6 is 0 Å². The van der Waals surface area contributed by atoms with Crippen LogP contribution in [0.3, 0.4) is 0 Å². The molecule has 0 aromatic heterocycles. The first-order valence-corrected chi connectivity index (χ1v) is 8.33. The number of carbonyl (C=O) groups excluding carboxylic acids is 2. The van der Waals surface area contributed by atoms with Gasteiger partial charge in [0.15, 0.2) is 0 Å². The minimum Gasteiger partial charge on any atom is -0.463 e. The molecule has 0 bridgehead atoms. The molecule has 2 aliphatic rings. The molecular weight excluding hydrogens is 268 g/mol. The van der Waals surface area contributed by atoms with Crippen molar-refractivity contribution in [3.05, 3.63) is 0 Å². The minimum absolute atomic E-state index is 0.132. The van der Waals surface area contributed by atoms with Gasteiger partial charge in [-0.05, 0) is 50.9 Å². The van der Waals surface area contributed by atoms with Crippen LogP contribution in [0.2, 0.25) is 0 Å². The summed E-state index contributed by atoms with van der Waals surface area (Å²) in [7, 11) is 0. The summed E-state index contributed by atoms with van der Waals surface area (Å²) in [5, 5.41) is 0. The molecule has 2 aliphatic carbocycles. The molecule has 2 fully saturated rings. The molecule has 122 valence electrons. The highest BCUT2D eigenvalue weighted by molar-refractivity contribution is 5.66. The number of ether oxygens (including phenoxy) is 2. The standard InChI is InChI=1S/C9H16O2.C8H14O2/c1-7-5-3-4-6-9(7)11-8(2)10;1-7(9)10-8-5-3-2-4-6-8/h7,9H,3-6H2,1-2H3;8H,2-6H2,1H3. The normalized spacial score (nSPS) is 26.2. The van der Waals surface area contributed by atoms with Gasteiger partial charge in [-0.2, -0.15) is 0 Å². The smallest absolute Gasteiger partial charge is 0.302 e. The predicted octanol–water partition coefficient (Wildman–Crippen LogP) is 4.01. The lowest BCUT2D eigenvalue weighted by atomic mass is 9.88. The Hall–Kier alpha value is -1.06. The molecule has 0 amide bonds. The van der Waals surface area contributed by atoms with Gasteiger partial charge in [-0.25, -0.2) is 0 Å². The third-order valence-electron chi connectivity index (χ3n) is 4.23. The zero-order valence-electron chi connectivity index (χ0n) is 13.7. The van der Waals surface area contributed by atoms with E-state index in [9.17, 15) is 9.59 Å². The second-order valence-corrected chi connectivity index (χ2v) is 6.28. The van der Waals surface area contributed by atoms with Gasteiger partial charge in [-0.1, -0.05) is 19.8 Å². The monoisotopic (exact) mass is 298 g/mol. The molecule has 0 N–H and O–H groups in total. The van der Waals surface area contributed by atoms with Gasteiger partial charge in [-0.15, -0.1) is 0 Å². The van der Waals surface area contributed by atoms with E-state index in [2.05, 4.69) is 6.92 Å². The highest BCUT2D eigenvalue weighted by atomic mass is 16.5. The fourth-order valence-corrected chi connectivity index (χ4v) is 3.09. The van der Waals surface area contributed by atoms with Crippen molar-refractivity contribution >= 4 is 11.9 Å². The van der Waals surface area contributed by atoms with E-state index in [0.717, 1.165) is 19.3 Å². The number of rotatable bonds is 2. The van der Waals surface area contributed by atoms with E-state index < -0.39 is 0 Å². The first kappa shape index (κ1) is 18.0. The van der Waals surface area contributed by atoms with Gasteiger partial charge in [0, 0.05) is 13.8 Å². The zero-order valence-corrected chi connectivity index (χ0v) is 13.7. The highest BCUT2D eigenvalue weighted by Crippen LogP contribution is 2.26. The molecule has 0 aromatic carbocycles. The summed E-state index contributed by atoms with van der Waals surface area (Å²) in [4.78, 5) is 21.1. The van der Waals surface area contributed by atoms with Gasteiger partial charge in [0.05, 0.1) is 0 Å². The number of hydrogen-bond donors (Lipinski definition) is 0. The average Bonchev–Trinajstić information content (AvgIpc) is 2.42. The summed E-state index contributed by atoms with van der Waals surface area (Å²) in [6, 6.07) is 0. The Labute approximate surface area is 128 Å². The van der Waals surface area contributed by atoms with E-state index in [1.54, 1.807) is 0 Å². The summed E-state index contributed by atoms with van der Waals surface area (Å²) < 4.78 is 10.2. The summed E-state index contributed by atoms with van der Waals surface area (Å²) in [5.74, 6) is 0.295. The Balaban J connectivity index is 0.000000211. The largest absolute Gasteiger partial charge is 0.463 e. The van der Waals surface area contributed by atoms with Crippen molar-refractivity contribution in [2.45, 2.75) is 90.8 Å². The summed E-state index contributed by atoms with van der Waals surface area (Å²) in [5.41, 5.74) is 0. The van der Waals surface area contributed by atoms with Crippen LogP contribution in [0.15, 0.2) is 0 Å². The molecule has 0 radical (unpaired) electrons. The molecule has 0 heterocycles. The Morgan fingerprint density at radius 2 is 1.29 bits per heavy atom. The Morgan fingerprint density at radius 1 is 0.762 bits per heavy atom. The fraction of sp³-hybridized carbons (Fsp3) is 0.882. The quantitative estimate of drug-likeness (QED) is 0.723. The number of hydrogen-bond acceptors (Lipinski definition) is 4. The van der Waals surface area contributed by atoms with Crippen LogP contribution < -0.4 is 0 Å². The molecule has 4 heteroatoms. The SMILES string of the molecule is CC(=O)OC1CCCCC1.CC(=O)OC1CCCCC1C. The average molecular weight is 298 g/mol. The lowest BCUT2D eigenvalue weighted by molar-refractivity contribution is -0.150.